The zero-order valence-electron chi connectivity index (χ0n) is 21.8. The van der Waals surface area contributed by atoms with Crippen LogP contribution in [0.5, 0.6) is 0 Å². The smallest absolute Gasteiger partial charge is 0.249 e. The molecule has 1 saturated carbocycles. The largest absolute Gasteiger partial charge is 0.394 e. The number of ether oxygens (including phenoxy) is 4. The third-order valence-electron chi connectivity index (χ3n) is 7.59. The van der Waals surface area contributed by atoms with Crippen LogP contribution in [-0.2, 0) is 23.7 Å². The Balaban J connectivity index is 1.85. The second-order valence-electron chi connectivity index (χ2n) is 10.4. The van der Waals surface area contributed by atoms with Crippen molar-refractivity contribution in [3.05, 3.63) is 0 Å². The van der Waals surface area contributed by atoms with Gasteiger partial charge in [0.15, 0.2) is 12.6 Å². The first-order valence-electron chi connectivity index (χ1n) is 13.1. The van der Waals surface area contributed by atoms with Crippen LogP contribution in [0.4, 0.5) is 0 Å². The molecule has 0 bridgehead atoms. The fourth-order valence-electron chi connectivity index (χ4n) is 5.11. The van der Waals surface area contributed by atoms with Crippen molar-refractivity contribution in [2.24, 2.45) is 28.7 Å². The van der Waals surface area contributed by atoms with Crippen molar-refractivity contribution >= 4 is 5.91 Å². The average molecular weight is 585 g/mol. The lowest BCUT2D eigenvalue weighted by Gasteiger charge is -2.49. The zero-order chi connectivity index (χ0) is 29.9. The van der Waals surface area contributed by atoms with Crippen molar-refractivity contribution < 1.29 is 59.5 Å². The van der Waals surface area contributed by atoms with Gasteiger partial charge in [-0.25, -0.2) is 0 Å². The SMILES string of the molecule is NCC[C@H](O)C(=O)N[C@@H]1C[C@H](N)[C@@H](O[C@@H]2OC(CN)[C@@H](O)[C@@H](O)C2N)[C@H](O)[C@H]1O[C@H]1OC(CO)[C@@H](O)[C@@H](N)C1O. The first-order valence-corrected chi connectivity index (χ1v) is 13.1. The number of rotatable bonds is 10. The summed E-state index contributed by atoms with van der Waals surface area (Å²) in [5, 5.41) is 74.8. The van der Waals surface area contributed by atoms with Crippen LogP contribution >= 0.6 is 0 Å². The lowest BCUT2D eigenvalue weighted by Crippen LogP contribution is -2.70. The molecule has 18 heteroatoms. The van der Waals surface area contributed by atoms with E-state index in [-0.39, 0.29) is 25.9 Å². The first kappa shape index (κ1) is 33.3. The Kier molecular flexibility index (Phi) is 11.9. The van der Waals surface area contributed by atoms with E-state index in [1.165, 1.54) is 0 Å². The molecule has 0 aromatic rings. The highest BCUT2D eigenvalue weighted by atomic mass is 16.7. The quantitative estimate of drug-likeness (QED) is 0.113. The fourth-order valence-corrected chi connectivity index (χ4v) is 5.11. The van der Waals surface area contributed by atoms with Crippen molar-refractivity contribution in [3.8, 4) is 0 Å². The number of hydrogen-bond acceptors (Lipinski definition) is 17. The Hall–Kier alpha value is -1.17. The molecule has 2 aliphatic heterocycles. The van der Waals surface area contributed by atoms with E-state index >= 15 is 0 Å². The van der Waals surface area contributed by atoms with Crippen LogP contribution in [0.25, 0.3) is 0 Å². The molecule has 0 aromatic carbocycles. The minimum absolute atomic E-state index is 0.0219. The Bertz CT molecular complexity index is 816. The first-order chi connectivity index (χ1) is 18.9. The highest BCUT2D eigenvalue weighted by molar-refractivity contribution is 5.80. The zero-order valence-corrected chi connectivity index (χ0v) is 21.8. The van der Waals surface area contributed by atoms with E-state index in [9.17, 15) is 40.5 Å². The molecule has 0 spiro atoms. The summed E-state index contributed by atoms with van der Waals surface area (Å²) in [4.78, 5) is 12.6. The molecule has 2 saturated heterocycles. The minimum Gasteiger partial charge on any atom is -0.394 e. The van der Waals surface area contributed by atoms with Gasteiger partial charge in [-0.15, -0.1) is 0 Å². The molecule has 4 unspecified atom stereocenters. The Morgan fingerprint density at radius 2 is 1.48 bits per heavy atom. The number of nitrogens with one attached hydrogen (secondary N) is 1. The molecule has 3 rings (SSSR count). The third-order valence-corrected chi connectivity index (χ3v) is 7.59. The van der Waals surface area contributed by atoms with Crippen LogP contribution in [0.3, 0.4) is 0 Å². The summed E-state index contributed by atoms with van der Waals surface area (Å²) in [6.07, 6.45) is -17.1. The van der Waals surface area contributed by atoms with Gasteiger partial charge in [-0.3, -0.25) is 4.79 Å². The lowest BCUT2D eigenvalue weighted by atomic mass is 9.83. The summed E-state index contributed by atoms with van der Waals surface area (Å²) >= 11 is 0. The van der Waals surface area contributed by atoms with E-state index in [1.54, 1.807) is 0 Å². The molecular weight excluding hydrogens is 540 g/mol. The minimum atomic E-state index is -1.66. The van der Waals surface area contributed by atoms with Crippen molar-refractivity contribution in [2.45, 2.75) is 111 Å². The molecule has 2 heterocycles. The Morgan fingerprint density at radius 1 is 0.850 bits per heavy atom. The number of amides is 1. The molecule has 18 N–H and O–H groups in total. The monoisotopic (exact) mass is 584 g/mol. The summed E-state index contributed by atoms with van der Waals surface area (Å²) in [5.41, 5.74) is 29.2. The molecule has 3 aliphatic rings. The number of aliphatic hydroxyl groups excluding tert-OH is 7. The number of aliphatic hydroxyl groups is 7. The third kappa shape index (κ3) is 7.06. The van der Waals surface area contributed by atoms with Gasteiger partial charge in [-0.1, -0.05) is 0 Å². The van der Waals surface area contributed by atoms with Gasteiger partial charge in [0.05, 0.1) is 24.7 Å². The van der Waals surface area contributed by atoms with E-state index in [0.717, 1.165) is 0 Å². The average Bonchev–Trinajstić information content (AvgIpc) is 2.92. The molecular formula is C22H44N6O12. The maximum atomic E-state index is 12.6. The molecule has 3 fully saturated rings. The molecule has 40 heavy (non-hydrogen) atoms. The second kappa shape index (κ2) is 14.3. The van der Waals surface area contributed by atoms with Gasteiger partial charge < -0.3 is 88.7 Å². The van der Waals surface area contributed by atoms with Gasteiger partial charge >= 0.3 is 0 Å². The lowest BCUT2D eigenvalue weighted by molar-refractivity contribution is -0.319. The van der Waals surface area contributed by atoms with Gasteiger partial charge in [0.25, 0.3) is 0 Å². The van der Waals surface area contributed by atoms with Crippen molar-refractivity contribution in [3.63, 3.8) is 0 Å². The molecule has 1 aliphatic carbocycles. The van der Waals surface area contributed by atoms with E-state index in [4.69, 9.17) is 47.6 Å². The van der Waals surface area contributed by atoms with Crippen molar-refractivity contribution in [2.75, 3.05) is 19.7 Å². The summed E-state index contributed by atoms with van der Waals surface area (Å²) < 4.78 is 22.8. The normalized spacial score (nSPS) is 47.0. The number of hydrogen-bond donors (Lipinski definition) is 13. The summed E-state index contributed by atoms with van der Waals surface area (Å²) in [6, 6.07) is -4.61. The Labute approximate surface area is 230 Å². The molecule has 18 nitrogen and oxygen atoms in total. The van der Waals surface area contributed by atoms with Crippen LogP contribution < -0.4 is 34.0 Å². The van der Waals surface area contributed by atoms with Gasteiger partial charge in [0.1, 0.15) is 61.0 Å². The number of carbonyl (C=O) groups excluding carboxylic acids is 1. The maximum absolute atomic E-state index is 12.6. The van der Waals surface area contributed by atoms with Crippen molar-refractivity contribution in [1.82, 2.24) is 5.32 Å². The van der Waals surface area contributed by atoms with Crippen LogP contribution in [0.1, 0.15) is 12.8 Å². The van der Waals surface area contributed by atoms with E-state index in [0.29, 0.717) is 0 Å². The summed E-state index contributed by atoms with van der Waals surface area (Å²) in [7, 11) is 0. The van der Waals surface area contributed by atoms with Gasteiger partial charge in [-0.2, -0.15) is 0 Å². The predicted octanol–water partition coefficient (Wildman–Crippen LogP) is -8.46. The molecule has 1 amide bonds. The highest BCUT2D eigenvalue weighted by Crippen LogP contribution is 2.31. The Morgan fingerprint density at radius 3 is 2.08 bits per heavy atom. The molecule has 16 atom stereocenters. The van der Waals surface area contributed by atoms with E-state index in [2.05, 4.69) is 5.32 Å². The maximum Gasteiger partial charge on any atom is 0.249 e. The van der Waals surface area contributed by atoms with Gasteiger partial charge in [0, 0.05) is 12.6 Å². The second-order valence-corrected chi connectivity index (χ2v) is 10.4. The highest BCUT2D eigenvalue weighted by Gasteiger charge is 2.52. The number of carbonyl (C=O) groups is 1. The van der Waals surface area contributed by atoms with Gasteiger partial charge in [0.2, 0.25) is 5.91 Å². The van der Waals surface area contributed by atoms with Crippen molar-refractivity contribution in [1.29, 1.82) is 0 Å². The standard InChI is InChI=1S/C22H44N6O12/c23-2-1-8(30)20(36)28-7-3-6(25)18(39-21-12(27)15(33)14(32)9(4-24)37-21)17(35)19(7)40-22-16(34)11(26)13(31)10(5-29)38-22/h6-19,21-22,29-35H,1-5,23-27H2,(H,28,36)/t6-,7+,8-,9?,10?,11+,12?,13+,14+,15-,16?,17-,18+,19-,21-,22+/m0/s1. The van der Waals surface area contributed by atoms with E-state index < -0.39 is 110 Å². The molecule has 234 valence electrons. The summed E-state index contributed by atoms with van der Waals surface area (Å²) in [5.74, 6) is -0.825. The van der Waals surface area contributed by atoms with Crippen LogP contribution in [-0.4, -0.2) is 159 Å². The predicted molar refractivity (Wildman–Crippen MR) is 133 cm³/mol. The molecule has 0 radical (unpaired) electrons. The number of nitrogens with two attached hydrogens (primary N) is 5. The molecule has 0 aromatic heterocycles. The van der Waals surface area contributed by atoms with Crippen LogP contribution in [0.2, 0.25) is 0 Å². The summed E-state index contributed by atoms with van der Waals surface area (Å²) in [6.45, 7) is -0.817. The van der Waals surface area contributed by atoms with Gasteiger partial charge in [-0.05, 0) is 19.4 Å². The topological polar surface area (TPSA) is 338 Å². The van der Waals surface area contributed by atoms with Crippen LogP contribution in [0, 0.1) is 0 Å². The fraction of sp³-hybridized carbons (Fsp3) is 0.955. The van der Waals surface area contributed by atoms with E-state index in [1.807, 2.05) is 0 Å². The van der Waals surface area contributed by atoms with Crippen LogP contribution in [0.15, 0.2) is 0 Å².